The van der Waals surface area contributed by atoms with Crippen LogP contribution in [0.4, 0.5) is 5.95 Å². The van der Waals surface area contributed by atoms with Crippen molar-refractivity contribution in [1.82, 2.24) is 15.3 Å². The van der Waals surface area contributed by atoms with Gasteiger partial charge in [-0.1, -0.05) is 0 Å². The van der Waals surface area contributed by atoms with E-state index in [2.05, 4.69) is 20.2 Å². The van der Waals surface area contributed by atoms with E-state index in [0.29, 0.717) is 6.04 Å². The summed E-state index contributed by atoms with van der Waals surface area (Å²) in [7, 11) is 2.03. The maximum absolute atomic E-state index is 4.44. The molecule has 1 aromatic rings. The first-order valence-corrected chi connectivity index (χ1v) is 5.51. The third-order valence-electron chi connectivity index (χ3n) is 2.97. The molecule has 0 unspecified atom stereocenters. The minimum atomic E-state index is 0. The van der Waals surface area contributed by atoms with Crippen molar-refractivity contribution < 1.29 is 0 Å². The van der Waals surface area contributed by atoms with Crippen LogP contribution < -0.4 is 10.2 Å². The molecule has 1 aromatic heterocycles. The second-order valence-electron chi connectivity index (χ2n) is 4.05. The summed E-state index contributed by atoms with van der Waals surface area (Å²) in [6.07, 6.45) is 4.18. The van der Waals surface area contributed by atoms with E-state index in [0.717, 1.165) is 24.7 Å². The number of rotatable bonds is 2. The summed E-state index contributed by atoms with van der Waals surface area (Å²) in [5.41, 5.74) is 1.04. The van der Waals surface area contributed by atoms with Gasteiger partial charge in [-0.15, -0.1) is 12.4 Å². The van der Waals surface area contributed by atoms with Crippen molar-refractivity contribution in [3.63, 3.8) is 0 Å². The van der Waals surface area contributed by atoms with Crippen LogP contribution in [0, 0.1) is 6.92 Å². The first-order chi connectivity index (χ1) is 7.29. The fraction of sp³-hybridized carbons (Fsp3) is 0.636. The minimum absolute atomic E-state index is 0. The fourth-order valence-corrected chi connectivity index (χ4v) is 1.96. The lowest BCUT2D eigenvalue weighted by atomic mass is 10.1. The molecule has 1 aliphatic rings. The Bertz CT molecular complexity index is 324. The van der Waals surface area contributed by atoms with Crippen molar-refractivity contribution in [2.24, 2.45) is 0 Å². The molecule has 5 heteroatoms. The molecule has 0 saturated carbocycles. The number of aryl methyl sites for hydroxylation is 1. The lowest BCUT2D eigenvalue weighted by Gasteiger charge is -2.31. The molecule has 0 atom stereocenters. The van der Waals surface area contributed by atoms with E-state index in [1.807, 2.05) is 26.2 Å². The molecular weight excluding hydrogens is 224 g/mol. The van der Waals surface area contributed by atoms with Crippen LogP contribution in [0.15, 0.2) is 12.3 Å². The van der Waals surface area contributed by atoms with Crippen LogP contribution in [0.3, 0.4) is 0 Å². The molecular formula is C11H19ClN4. The van der Waals surface area contributed by atoms with Gasteiger partial charge < -0.3 is 10.2 Å². The molecule has 2 rings (SSSR count). The minimum Gasteiger partial charge on any atom is -0.341 e. The van der Waals surface area contributed by atoms with E-state index in [4.69, 9.17) is 0 Å². The Kier molecular flexibility index (Phi) is 4.96. The molecule has 0 amide bonds. The predicted octanol–water partition coefficient (Wildman–Crippen LogP) is 1.40. The van der Waals surface area contributed by atoms with Gasteiger partial charge in [-0.2, -0.15) is 0 Å². The number of aromatic nitrogens is 2. The Morgan fingerprint density at radius 2 is 2.06 bits per heavy atom. The quantitative estimate of drug-likeness (QED) is 0.851. The van der Waals surface area contributed by atoms with Crippen molar-refractivity contribution in [3.8, 4) is 0 Å². The van der Waals surface area contributed by atoms with Crippen molar-refractivity contribution in [2.75, 3.05) is 25.0 Å². The molecule has 1 N–H and O–H groups in total. The second kappa shape index (κ2) is 6.01. The highest BCUT2D eigenvalue weighted by Gasteiger charge is 2.19. The molecule has 2 heterocycles. The van der Waals surface area contributed by atoms with Crippen LogP contribution in [0.25, 0.3) is 0 Å². The molecule has 0 aliphatic carbocycles. The fourth-order valence-electron chi connectivity index (χ4n) is 1.96. The van der Waals surface area contributed by atoms with Gasteiger partial charge >= 0.3 is 0 Å². The maximum Gasteiger partial charge on any atom is 0.225 e. The Labute approximate surface area is 103 Å². The Hall–Kier alpha value is -0.870. The number of halogens is 1. The molecule has 16 heavy (non-hydrogen) atoms. The molecule has 0 spiro atoms. The monoisotopic (exact) mass is 242 g/mol. The topological polar surface area (TPSA) is 41.0 Å². The molecule has 0 bridgehead atoms. The largest absolute Gasteiger partial charge is 0.341 e. The number of hydrogen-bond acceptors (Lipinski definition) is 4. The van der Waals surface area contributed by atoms with E-state index in [9.17, 15) is 0 Å². The molecule has 0 aromatic carbocycles. The summed E-state index contributed by atoms with van der Waals surface area (Å²) in [5, 5.41) is 3.32. The molecule has 1 fully saturated rings. The van der Waals surface area contributed by atoms with E-state index in [1.54, 1.807) is 0 Å². The number of nitrogens with one attached hydrogen (secondary N) is 1. The van der Waals surface area contributed by atoms with Gasteiger partial charge in [-0.05, 0) is 32.9 Å². The van der Waals surface area contributed by atoms with E-state index in [-0.39, 0.29) is 12.4 Å². The number of anilines is 1. The number of nitrogens with zero attached hydrogens (tertiary/aromatic N) is 3. The van der Waals surface area contributed by atoms with Gasteiger partial charge in [-0.25, -0.2) is 9.97 Å². The van der Waals surface area contributed by atoms with Crippen LogP contribution in [0.5, 0.6) is 0 Å². The summed E-state index contributed by atoms with van der Waals surface area (Å²) >= 11 is 0. The highest BCUT2D eigenvalue weighted by molar-refractivity contribution is 5.85. The zero-order valence-corrected chi connectivity index (χ0v) is 10.6. The number of piperidine rings is 1. The van der Waals surface area contributed by atoms with Crippen molar-refractivity contribution in [1.29, 1.82) is 0 Å². The van der Waals surface area contributed by atoms with Gasteiger partial charge in [0.25, 0.3) is 0 Å². The molecule has 0 radical (unpaired) electrons. The van der Waals surface area contributed by atoms with Gasteiger partial charge in [0.2, 0.25) is 5.95 Å². The molecule has 4 nitrogen and oxygen atoms in total. The zero-order chi connectivity index (χ0) is 10.7. The van der Waals surface area contributed by atoms with Crippen molar-refractivity contribution in [2.45, 2.75) is 25.8 Å². The van der Waals surface area contributed by atoms with E-state index < -0.39 is 0 Å². The van der Waals surface area contributed by atoms with E-state index >= 15 is 0 Å². The number of hydrogen-bond donors (Lipinski definition) is 1. The van der Waals surface area contributed by atoms with E-state index in [1.165, 1.54) is 12.8 Å². The van der Waals surface area contributed by atoms with Gasteiger partial charge in [0.1, 0.15) is 0 Å². The van der Waals surface area contributed by atoms with Gasteiger partial charge in [0, 0.05) is 31.0 Å². The maximum atomic E-state index is 4.44. The van der Waals surface area contributed by atoms with Crippen LogP contribution >= 0.6 is 12.4 Å². The molecule has 1 saturated heterocycles. The lowest BCUT2D eigenvalue weighted by Crippen LogP contribution is -2.41. The molecule has 90 valence electrons. The highest BCUT2D eigenvalue weighted by atomic mass is 35.5. The standard InChI is InChI=1S/C11H18N4.ClH/c1-9-3-6-13-11(14-9)15-7-4-10(12-2)5-8-15;/h3,6,10,12H,4-5,7-8H2,1-2H3;1H. The summed E-state index contributed by atoms with van der Waals surface area (Å²) in [6.45, 7) is 4.11. The first kappa shape index (κ1) is 13.2. The third kappa shape index (κ3) is 3.06. The smallest absolute Gasteiger partial charge is 0.225 e. The first-order valence-electron chi connectivity index (χ1n) is 5.51. The van der Waals surface area contributed by atoms with Gasteiger partial charge in [-0.3, -0.25) is 0 Å². The summed E-state index contributed by atoms with van der Waals surface area (Å²) < 4.78 is 0. The normalized spacial score (nSPS) is 17.0. The van der Waals surface area contributed by atoms with Crippen molar-refractivity contribution >= 4 is 18.4 Å². The van der Waals surface area contributed by atoms with Crippen LogP contribution in [0.1, 0.15) is 18.5 Å². The average Bonchev–Trinajstić information content (AvgIpc) is 2.29. The van der Waals surface area contributed by atoms with Crippen molar-refractivity contribution in [3.05, 3.63) is 18.0 Å². The summed E-state index contributed by atoms with van der Waals surface area (Å²) in [5.74, 6) is 0.879. The average molecular weight is 243 g/mol. The van der Waals surface area contributed by atoms with Crippen LogP contribution in [-0.4, -0.2) is 36.1 Å². The van der Waals surface area contributed by atoms with Gasteiger partial charge in [0.05, 0.1) is 0 Å². The zero-order valence-electron chi connectivity index (χ0n) is 9.81. The lowest BCUT2D eigenvalue weighted by molar-refractivity contribution is 0.438. The van der Waals surface area contributed by atoms with Crippen LogP contribution in [0.2, 0.25) is 0 Å². The molecule has 1 aliphatic heterocycles. The second-order valence-corrected chi connectivity index (χ2v) is 4.05. The van der Waals surface area contributed by atoms with Gasteiger partial charge in [0.15, 0.2) is 0 Å². The predicted molar refractivity (Wildman–Crippen MR) is 68.3 cm³/mol. The highest BCUT2D eigenvalue weighted by Crippen LogP contribution is 2.15. The Morgan fingerprint density at radius 1 is 1.38 bits per heavy atom. The SMILES string of the molecule is CNC1CCN(c2nccc(C)n2)CC1.Cl. The summed E-state index contributed by atoms with van der Waals surface area (Å²) in [4.78, 5) is 11.0. The Balaban J connectivity index is 0.00000128. The third-order valence-corrected chi connectivity index (χ3v) is 2.97. The Morgan fingerprint density at radius 3 is 2.62 bits per heavy atom. The van der Waals surface area contributed by atoms with Crippen LogP contribution in [-0.2, 0) is 0 Å². The summed E-state index contributed by atoms with van der Waals surface area (Å²) in [6, 6.07) is 2.59.